The molecule has 7 heteroatoms. The number of alkyl halides is 3. The molecule has 1 amide bonds. The first-order chi connectivity index (χ1) is 11.4. The summed E-state index contributed by atoms with van der Waals surface area (Å²) in [5.74, 6) is 0.985. The normalized spacial score (nSPS) is 17.6. The van der Waals surface area contributed by atoms with E-state index in [-0.39, 0.29) is 22.1 Å². The fraction of sp³-hybridized carbons (Fsp3) is 0.235. The molecular formula is C17H14F3NO2S. The number of amides is 1. The van der Waals surface area contributed by atoms with Crippen LogP contribution in [0.2, 0.25) is 0 Å². The predicted molar refractivity (Wildman–Crippen MR) is 85.3 cm³/mol. The lowest BCUT2D eigenvalue weighted by Crippen LogP contribution is -2.17. The Kier molecular flexibility index (Phi) is 4.71. The maximum Gasteiger partial charge on any atom is 0.573 e. The molecule has 3 nitrogen and oxygen atoms in total. The van der Waals surface area contributed by atoms with E-state index in [2.05, 4.69) is 9.73 Å². The predicted octanol–water partition coefficient (Wildman–Crippen LogP) is 3.86. The molecule has 1 atom stereocenters. The summed E-state index contributed by atoms with van der Waals surface area (Å²) in [5.41, 5.74) is 0.900. The molecule has 24 heavy (non-hydrogen) atoms. The molecule has 3 rings (SSSR count). The summed E-state index contributed by atoms with van der Waals surface area (Å²) < 4.78 is 41.5. The van der Waals surface area contributed by atoms with Gasteiger partial charge in [0.1, 0.15) is 5.75 Å². The molecule has 0 saturated heterocycles. The molecule has 0 aromatic heterocycles. The van der Waals surface area contributed by atoms with Crippen molar-refractivity contribution in [2.24, 2.45) is 4.99 Å². The summed E-state index contributed by atoms with van der Waals surface area (Å²) in [4.78, 5) is 15.8. The van der Waals surface area contributed by atoms with Crippen molar-refractivity contribution in [1.29, 1.82) is 0 Å². The van der Waals surface area contributed by atoms with Gasteiger partial charge in [-0.3, -0.25) is 4.79 Å². The second kappa shape index (κ2) is 6.76. The van der Waals surface area contributed by atoms with Crippen LogP contribution in [0.25, 0.3) is 0 Å². The Bertz CT molecular complexity index is 876. The third kappa shape index (κ3) is 4.23. The summed E-state index contributed by atoms with van der Waals surface area (Å²) in [5, 5.41) is 0.695. The first-order valence-electron chi connectivity index (χ1n) is 7.26. The monoisotopic (exact) mass is 353 g/mol. The largest absolute Gasteiger partial charge is 0.573 e. The third-order valence-corrected chi connectivity index (χ3v) is 5.83. The van der Waals surface area contributed by atoms with Gasteiger partial charge in [0.15, 0.2) is 0 Å². The topological polar surface area (TPSA) is 38.7 Å². The van der Waals surface area contributed by atoms with Crippen molar-refractivity contribution < 1.29 is 22.7 Å². The maximum atomic E-state index is 12.2. The van der Waals surface area contributed by atoms with Crippen molar-refractivity contribution in [3.63, 3.8) is 0 Å². The number of para-hydroxylation sites is 1. The zero-order valence-corrected chi connectivity index (χ0v) is 13.4. The molecule has 126 valence electrons. The molecule has 0 saturated carbocycles. The Morgan fingerprint density at radius 3 is 2.50 bits per heavy atom. The van der Waals surface area contributed by atoms with E-state index in [9.17, 15) is 18.0 Å². The second-order valence-electron chi connectivity index (χ2n) is 5.26. The van der Waals surface area contributed by atoms with Crippen molar-refractivity contribution >= 4 is 16.4 Å². The number of hydrogen-bond donors (Lipinski definition) is 0. The lowest BCUT2D eigenvalue weighted by Gasteiger charge is -2.11. The van der Waals surface area contributed by atoms with E-state index in [1.54, 1.807) is 12.1 Å². The van der Waals surface area contributed by atoms with Gasteiger partial charge in [-0.05, 0) is 35.6 Å². The molecule has 1 unspecified atom stereocenters. The summed E-state index contributed by atoms with van der Waals surface area (Å²) in [6.07, 6.45) is -4.31. The van der Waals surface area contributed by atoms with Crippen molar-refractivity contribution in [3.8, 4) is 5.75 Å². The average molecular weight is 353 g/mol. The van der Waals surface area contributed by atoms with E-state index >= 15 is 0 Å². The highest BCUT2D eigenvalue weighted by atomic mass is 32.2. The van der Waals surface area contributed by atoms with Crippen LogP contribution in [0.1, 0.15) is 12.0 Å². The minimum atomic E-state index is -4.69. The number of halogens is 3. The highest BCUT2D eigenvalue weighted by Gasteiger charge is 2.30. The van der Waals surface area contributed by atoms with Crippen LogP contribution in [0.15, 0.2) is 53.5 Å². The van der Waals surface area contributed by atoms with E-state index in [0.717, 1.165) is 10.1 Å². The number of hydrogen-bond acceptors (Lipinski definition) is 2. The molecule has 1 heterocycles. The van der Waals surface area contributed by atoms with Gasteiger partial charge in [0.05, 0.1) is 5.36 Å². The molecule has 0 spiro atoms. The first kappa shape index (κ1) is 16.7. The van der Waals surface area contributed by atoms with Crippen LogP contribution < -0.4 is 10.1 Å². The van der Waals surface area contributed by atoms with Crippen molar-refractivity contribution in [3.05, 3.63) is 64.0 Å². The van der Waals surface area contributed by atoms with E-state index < -0.39 is 6.36 Å². The van der Waals surface area contributed by atoms with Gasteiger partial charge in [0.25, 0.3) is 0 Å². The summed E-state index contributed by atoms with van der Waals surface area (Å²) >= 11 is 0. The lowest BCUT2D eigenvalue weighted by molar-refractivity contribution is -0.274. The van der Waals surface area contributed by atoms with Gasteiger partial charge in [0, 0.05) is 16.7 Å². The van der Waals surface area contributed by atoms with Gasteiger partial charge < -0.3 is 4.74 Å². The maximum absolute atomic E-state index is 12.2. The molecular weight excluding hydrogens is 339 g/mol. The van der Waals surface area contributed by atoms with E-state index in [1.807, 2.05) is 24.3 Å². The molecule has 0 fully saturated rings. The van der Waals surface area contributed by atoms with Gasteiger partial charge in [0.2, 0.25) is 5.91 Å². The van der Waals surface area contributed by atoms with E-state index in [0.29, 0.717) is 23.3 Å². The summed E-state index contributed by atoms with van der Waals surface area (Å²) in [7, 11) is -0.212. The minimum absolute atomic E-state index is 0.133. The number of fused-ring (bicyclic) bond motifs is 1. The minimum Gasteiger partial charge on any atom is -0.406 e. The number of nitrogens with zero attached hydrogens (tertiary/aromatic N) is 1. The molecule has 2 aromatic carbocycles. The Labute approximate surface area is 138 Å². The first-order valence-corrected chi connectivity index (χ1v) is 8.83. The standard InChI is InChI=1S/C17H14F3NO2S/c18-17(19,20)23-13-7-5-12(6-8-13)11-24-10-9-16(22)21-14-3-1-2-4-15(14)24/h1-8H,9-11H2. The van der Waals surface area contributed by atoms with Crippen LogP contribution in [0.5, 0.6) is 5.75 Å². The number of rotatable bonds is 3. The molecule has 1 aliphatic rings. The summed E-state index contributed by atoms with van der Waals surface area (Å²) in [6.45, 7) is 0. The van der Waals surface area contributed by atoms with Crippen LogP contribution >= 0.6 is 10.5 Å². The Hall–Kier alpha value is -2.15. The second-order valence-corrected chi connectivity index (χ2v) is 7.38. The Morgan fingerprint density at radius 2 is 1.79 bits per heavy atom. The molecule has 0 bridgehead atoms. The van der Waals surface area contributed by atoms with Crippen molar-refractivity contribution in [2.75, 3.05) is 5.75 Å². The zero-order valence-electron chi connectivity index (χ0n) is 12.5. The van der Waals surface area contributed by atoms with Crippen LogP contribution in [0.3, 0.4) is 0 Å². The molecule has 0 N–H and O–H groups in total. The average Bonchev–Trinajstić information content (AvgIpc) is 2.67. The molecule has 1 aliphatic heterocycles. The van der Waals surface area contributed by atoms with Crippen molar-refractivity contribution in [2.45, 2.75) is 18.5 Å². The quantitative estimate of drug-likeness (QED) is 0.786. The van der Waals surface area contributed by atoms with Crippen LogP contribution in [-0.4, -0.2) is 18.0 Å². The number of benzene rings is 2. The Balaban J connectivity index is 1.90. The third-order valence-electron chi connectivity index (χ3n) is 3.48. The fourth-order valence-electron chi connectivity index (χ4n) is 2.44. The van der Waals surface area contributed by atoms with Gasteiger partial charge in [-0.1, -0.05) is 24.3 Å². The number of carbonyl (C=O) groups excluding carboxylic acids is 1. The summed E-state index contributed by atoms with van der Waals surface area (Å²) in [6, 6.07) is 13.4. The van der Waals surface area contributed by atoms with Crippen molar-refractivity contribution in [1.82, 2.24) is 0 Å². The van der Waals surface area contributed by atoms with Gasteiger partial charge in [-0.15, -0.1) is 13.2 Å². The van der Waals surface area contributed by atoms with E-state index in [1.165, 1.54) is 12.1 Å². The lowest BCUT2D eigenvalue weighted by atomic mass is 10.2. The number of ether oxygens (including phenoxy) is 1. The van der Waals surface area contributed by atoms with Gasteiger partial charge >= 0.3 is 6.36 Å². The molecule has 0 radical (unpaired) electrons. The van der Waals surface area contributed by atoms with Crippen LogP contribution in [0, 0.1) is 4.51 Å². The smallest absolute Gasteiger partial charge is 0.406 e. The highest BCUT2D eigenvalue weighted by Crippen LogP contribution is 2.28. The SMILES string of the molecule is O=C1CCS(Cc2ccc(OC(F)(F)F)cc2)=c2ccccc2=N1. The van der Waals surface area contributed by atoms with Gasteiger partial charge in [-0.2, -0.15) is 10.5 Å². The van der Waals surface area contributed by atoms with Gasteiger partial charge in [-0.25, -0.2) is 4.99 Å². The fourth-order valence-corrected chi connectivity index (χ4v) is 4.66. The molecule has 2 aromatic rings. The number of carbonyl (C=O) groups is 1. The Morgan fingerprint density at radius 1 is 1.08 bits per heavy atom. The van der Waals surface area contributed by atoms with Crippen LogP contribution in [0.4, 0.5) is 13.2 Å². The van der Waals surface area contributed by atoms with E-state index in [4.69, 9.17) is 0 Å². The molecule has 0 aliphatic carbocycles. The van der Waals surface area contributed by atoms with Crippen LogP contribution in [-0.2, 0) is 10.5 Å². The highest BCUT2D eigenvalue weighted by molar-refractivity contribution is 8.08. The zero-order chi connectivity index (χ0) is 17.2.